The van der Waals surface area contributed by atoms with Crippen LogP contribution in [0.3, 0.4) is 0 Å². The quantitative estimate of drug-likeness (QED) is 0.823. The Hall–Kier alpha value is -1.32. The van der Waals surface area contributed by atoms with Gasteiger partial charge in [-0.2, -0.15) is 0 Å². The smallest absolute Gasteiger partial charge is 0.128 e. The van der Waals surface area contributed by atoms with Crippen LogP contribution in [0.4, 0.5) is 4.39 Å². The number of nitrogens with one attached hydrogen (secondary N) is 1. The van der Waals surface area contributed by atoms with Crippen LogP contribution in [0.1, 0.15) is 16.7 Å². The second-order valence-electron chi connectivity index (χ2n) is 4.52. The second kappa shape index (κ2) is 6.73. The Labute approximate surface area is 118 Å². The van der Waals surface area contributed by atoms with E-state index in [4.69, 9.17) is 0 Å². The number of halogens is 1. The summed E-state index contributed by atoms with van der Waals surface area (Å²) in [6.45, 7) is 2.64. The zero-order chi connectivity index (χ0) is 13.7. The molecule has 0 fully saturated rings. The number of hydrogen-bond donors (Lipinski definition) is 1. The number of aryl methyl sites for hydroxylation is 1. The molecule has 0 aliphatic carbocycles. The first-order chi connectivity index (χ1) is 9.20. The summed E-state index contributed by atoms with van der Waals surface area (Å²) in [7, 11) is 1.83. The number of hydrogen-bond acceptors (Lipinski definition) is 2. The van der Waals surface area contributed by atoms with Crippen molar-refractivity contribution >= 4 is 11.8 Å². The van der Waals surface area contributed by atoms with Gasteiger partial charge < -0.3 is 5.32 Å². The Balaban J connectivity index is 2.13. The van der Waals surface area contributed by atoms with E-state index in [2.05, 4.69) is 36.5 Å². The molecule has 3 heteroatoms. The maximum absolute atomic E-state index is 13.8. The third-order valence-electron chi connectivity index (χ3n) is 2.91. The zero-order valence-corrected chi connectivity index (χ0v) is 12.1. The SMILES string of the molecule is CNCc1c(F)cccc1SCc1cccc(C)c1. The lowest BCUT2D eigenvalue weighted by molar-refractivity contribution is 0.594. The Kier molecular flexibility index (Phi) is 5.00. The van der Waals surface area contributed by atoms with Crippen molar-refractivity contribution in [3.63, 3.8) is 0 Å². The van der Waals surface area contributed by atoms with Gasteiger partial charge in [-0.15, -0.1) is 11.8 Å². The van der Waals surface area contributed by atoms with E-state index in [1.807, 2.05) is 13.1 Å². The Bertz CT molecular complexity index is 554. The van der Waals surface area contributed by atoms with Crippen molar-refractivity contribution < 1.29 is 4.39 Å². The van der Waals surface area contributed by atoms with Crippen LogP contribution < -0.4 is 5.32 Å². The third-order valence-corrected chi connectivity index (χ3v) is 4.08. The van der Waals surface area contributed by atoms with Crippen molar-refractivity contribution in [1.29, 1.82) is 0 Å². The first-order valence-electron chi connectivity index (χ1n) is 6.31. The molecule has 0 amide bonds. The lowest BCUT2D eigenvalue weighted by atomic mass is 10.2. The Morgan fingerprint density at radius 1 is 1.16 bits per heavy atom. The van der Waals surface area contributed by atoms with Crippen molar-refractivity contribution in [3.05, 3.63) is 65.0 Å². The molecule has 2 aromatic rings. The maximum atomic E-state index is 13.8. The summed E-state index contributed by atoms with van der Waals surface area (Å²) in [6, 6.07) is 13.7. The zero-order valence-electron chi connectivity index (χ0n) is 11.2. The number of benzene rings is 2. The topological polar surface area (TPSA) is 12.0 Å². The van der Waals surface area contributed by atoms with E-state index in [1.165, 1.54) is 17.2 Å². The van der Waals surface area contributed by atoms with Crippen LogP contribution in [0.2, 0.25) is 0 Å². The first kappa shape index (κ1) is 14.1. The molecule has 0 aromatic heterocycles. The molecular weight excluding hydrogens is 257 g/mol. The van der Waals surface area contributed by atoms with Crippen LogP contribution in [0.15, 0.2) is 47.4 Å². The van der Waals surface area contributed by atoms with Gasteiger partial charge in [0.15, 0.2) is 0 Å². The minimum atomic E-state index is -0.136. The highest BCUT2D eigenvalue weighted by Gasteiger charge is 2.08. The standard InChI is InChI=1S/C16H18FNS/c1-12-5-3-6-13(9-12)11-19-16-8-4-7-15(17)14(16)10-18-2/h3-9,18H,10-11H2,1-2H3. The summed E-state index contributed by atoms with van der Waals surface area (Å²) in [5.74, 6) is 0.727. The second-order valence-corrected chi connectivity index (χ2v) is 5.54. The predicted molar refractivity (Wildman–Crippen MR) is 79.9 cm³/mol. The van der Waals surface area contributed by atoms with Gasteiger partial charge in [0.2, 0.25) is 0 Å². The van der Waals surface area contributed by atoms with Gasteiger partial charge in [0, 0.05) is 22.8 Å². The summed E-state index contributed by atoms with van der Waals surface area (Å²) in [5.41, 5.74) is 3.28. The van der Waals surface area contributed by atoms with Crippen LogP contribution in [-0.2, 0) is 12.3 Å². The van der Waals surface area contributed by atoms with E-state index in [0.717, 1.165) is 16.2 Å². The van der Waals surface area contributed by atoms with Gasteiger partial charge >= 0.3 is 0 Å². The summed E-state index contributed by atoms with van der Waals surface area (Å²) < 4.78 is 13.8. The van der Waals surface area contributed by atoms with Crippen LogP contribution in [0.25, 0.3) is 0 Å². The van der Waals surface area contributed by atoms with E-state index < -0.39 is 0 Å². The fourth-order valence-corrected chi connectivity index (χ4v) is 3.01. The van der Waals surface area contributed by atoms with Gasteiger partial charge in [-0.05, 0) is 31.7 Å². The van der Waals surface area contributed by atoms with E-state index in [-0.39, 0.29) is 5.82 Å². The molecule has 0 heterocycles. The van der Waals surface area contributed by atoms with Crippen molar-refractivity contribution in [2.45, 2.75) is 24.1 Å². The summed E-state index contributed by atoms with van der Waals surface area (Å²) >= 11 is 1.68. The van der Waals surface area contributed by atoms with Gasteiger partial charge in [0.05, 0.1) is 0 Å². The van der Waals surface area contributed by atoms with Gasteiger partial charge in [-0.25, -0.2) is 4.39 Å². The average Bonchev–Trinajstić information content (AvgIpc) is 2.40. The molecule has 100 valence electrons. The normalized spacial score (nSPS) is 10.7. The van der Waals surface area contributed by atoms with E-state index in [0.29, 0.717) is 6.54 Å². The van der Waals surface area contributed by atoms with Crippen LogP contribution in [-0.4, -0.2) is 7.05 Å². The van der Waals surface area contributed by atoms with E-state index in [9.17, 15) is 4.39 Å². The Morgan fingerprint density at radius 2 is 1.95 bits per heavy atom. The molecule has 1 N–H and O–H groups in total. The van der Waals surface area contributed by atoms with Crippen LogP contribution in [0, 0.1) is 12.7 Å². The molecule has 0 atom stereocenters. The lowest BCUT2D eigenvalue weighted by Crippen LogP contribution is -2.08. The lowest BCUT2D eigenvalue weighted by Gasteiger charge is -2.10. The van der Waals surface area contributed by atoms with Crippen molar-refractivity contribution in [2.24, 2.45) is 0 Å². The molecule has 0 aliphatic rings. The molecule has 0 unspecified atom stereocenters. The molecule has 0 bridgehead atoms. The fourth-order valence-electron chi connectivity index (χ4n) is 1.99. The van der Waals surface area contributed by atoms with Gasteiger partial charge in [-0.1, -0.05) is 35.9 Å². The third kappa shape index (κ3) is 3.82. The van der Waals surface area contributed by atoms with Gasteiger partial charge in [-0.3, -0.25) is 0 Å². The van der Waals surface area contributed by atoms with E-state index in [1.54, 1.807) is 17.8 Å². The molecule has 0 aliphatic heterocycles. The van der Waals surface area contributed by atoms with Gasteiger partial charge in [0.1, 0.15) is 5.82 Å². The molecule has 2 aromatic carbocycles. The molecule has 0 saturated heterocycles. The molecule has 0 spiro atoms. The number of thioether (sulfide) groups is 1. The largest absolute Gasteiger partial charge is 0.316 e. The monoisotopic (exact) mass is 275 g/mol. The minimum Gasteiger partial charge on any atom is -0.316 e. The van der Waals surface area contributed by atoms with Gasteiger partial charge in [0.25, 0.3) is 0 Å². The predicted octanol–water partition coefficient (Wildman–Crippen LogP) is 4.15. The van der Waals surface area contributed by atoms with Crippen molar-refractivity contribution in [3.8, 4) is 0 Å². The van der Waals surface area contributed by atoms with E-state index >= 15 is 0 Å². The molecule has 0 radical (unpaired) electrons. The Morgan fingerprint density at radius 3 is 2.68 bits per heavy atom. The first-order valence-corrected chi connectivity index (χ1v) is 7.29. The summed E-state index contributed by atoms with van der Waals surface area (Å²) in [4.78, 5) is 1.01. The highest BCUT2D eigenvalue weighted by Crippen LogP contribution is 2.28. The van der Waals surface area contributed by atoms with Crippen molar-refractivity contribution in [2.75, 3.05) is 7.05 Å². The fraction of sp³-hybridized carbons (Fsp3) is 0.250. The van der Waals surface area contributed by atoms with Crippen LogP contribution in [0.5, 0.6) is 0 Å². The highest BCUT2D eigenvalue weighted by molar-refractivity contribution is 7.98. The summed E-state index contributed by atoms with van der Waals surface area (Å²) in [6.07, 6.45) is 0. The maximum Gasteiger partial charge on any atom is 0.128 e. The molecule has 1 nitrogen and oxygen atoms in total. The van der Waals surface area contributed by atoms with Crippen LogP contribution >= 0.6 is 11.8 Å². The minimum absolute atomic E-state index is 0.136. The molecule has 0 saturated carbocycles. The highest BCUT2D eigenvalue weighted by atomic mass is 32.2. The average molecular weight is 275 g/mol. The van der Waals surface area contributed by atoms with Crippen molar-refractivity contribution in [1.82, 2.24) is 5.32 Å². The molecule has 19 heavy (non-hydrogen) atoms. The summed E-state index contributed by atoms with van der Waals surface area (Å²) in [5, 5.41) is 3.02. The molecular formula is C16H18FNS. The number of rotatable bonds is 5. The molecule has 2 rings (SSSR count).